The molecule has 29 heavy (non-hydrogen) atoms. The van der Waals surface area contributed by atoms with Crippen molar-refractivity contribution in [1.82, 2.24) is 0 Å². The molecule has 4 heteroatoms. The summed E-state index contributed by atoms with van der Waals surface area (Å²) in [6, 6.07) is 14.4. The van der Waals surface area contributed by atoms with Crippen molar-refractivity contribution in [3.8, 4) is 0 Å². The minimum atomic E-state index is -0.207. The van der Waals surface area contributed by atoms with Crippen LogP contribution in [0, 0.1) is 18.3 Å². The first-order valence-corrected chi connectivity index (χ1v) is 11.1. The van der Waals surface area contributed by atoms with E-state index in [4.69, 9.17) is 28.9 Å². The lowest BCUT2D eigenvalue weighted by molar-refractivity contribution is 0.0616. The quantitative estimate of drug-likeness (QED) is 0.513. The molecule has 3 rings (SSSR count). The highest BCUT2D eigenvalue weighted by molar-refractivity contribution is 6.31. The SMILES string of the molecule is C=CC1(CCO)CCC(c2ccc(C)cc2Cl)C(c2ccc(Cl)cc2)C1C(C)N. The number of aryl methyl sites for hydroxylation is 1. The van der Waals surface area contributed by atoms with Crippen LogP contribution in [-0.4, -0.2) is 17.8 Å². The summed E-state index contributed by atoms with van der Waals surface area (Å²) in [6.45, 7) is 8.42. The van der Waals surface area contributed by atoms with Crippen LogP contribution in [0.4, 0.5) is 0 Å². The van der Waals surface area contributed by atoms with E-state index >= 15 is 0 Å². The summed E-state index contributed by atoms with van der Waals surface area (Å²) in [5.74, 6) is 0.530. The molecule has 2 aromatic carbocycles. The lowest BCUT2D eigenvalue weighted by Gasteiger charge is -2.52. The first-order chi connectivity index (χ1) is 13.8. The van der Waals surface area contributed by atoms with Crippen molar-refractivity contribution in [2.75, 3.05) is 6.61 Å². The Labute approximate surface area is 184 Å². The molecule has 0 aliphatic heterocycles. The Morgan fingerprint density at radius 3 is 2.48 bits per heavy atom. The Balaban J connectivity index is 2.18. The fourth-order valence-electron chi connectivity index (χ4n) is 5.48. The highest BCUT2D eigenvalue weighted by Crippen LogP contribution is 2.58. The number of aliphatic hydroxyl groups is 1. The number of hydrogen-bond donors (Lipinski definition) is 2. The number of benzene rings is 2. The number of aliphatic hydroxyl groups excluding tert-OH is 1. The van der Waals surface area contributed by atoms with Gasteiger partial charge in [-0.3, -0.25) is 0 Å². The van der Waals surface area contributed by atoms with Gasteiger partial charge >= 0.3 is 0 Å². The molecule has 2 nitrogen and oxygen atoms in total. The van der Waals surface area contributed by atoms with E-state index in [1.807, 2.05) is 24.3 Å². The van der Waals surface area contributed by atoms with Crippen molar-refractivity contribution in [2.24, 2.45) is 17.1 Å². The molecular formula is C25H31Cl2NO. The van der Waals surface area contributed by atoms with E-state index in [-0.39, 0.29) is 35.8 Å². The van der Waals surface area contributed by atoms with Crippen LogP contribution in [-0.2, 0) is 0 Å². The lowest BCUT2D eigenvalue weighted by atomic mass is 9.53. The van der Waals surface area contributed by atoms with Crippen LogP contribution in [0.15, 0.2) is 55.1 Å². The van der Waals surface area contributed by atoms with Crippen molar-refractivity contribution >= 4 is 23.2 Å². The molecular weight excluding hydrogens is 401 g/mol. The van der Waals surface area contributed by atoms with Gasteiger partial charge in [0.25, 0.3) is 0 Å². The van der Waals surface area contributed by atoms with Gasteiger partial charge in [0, 0.05) is 22.7 Å². The van der Waals surface area contributed by atoms with Gasteiger partial charge in [-0.25, -0.2) is 0 Å². The van der Waals surface area contributed by atoms with Crippen molar-refractivity contribution < 1.29 is 5.11 Å². The van der Waals surface area contributed by atoms with E-state index in [2.05, 4.69) is 44.7 Å². The average Bonchev–Trinajstić information content (AvgIpc) is 2.68. The van der Waals surface area contributed by atoms with Crippen LogP contribution in [0.1, 0.15) is 54.7 Å². The summed E-state index contributed by atoms with van der Waals surface area (Å²) in [6.07, 6.45) is 4.60. The van der Waals surface area contributed by atoms with Gasteiger partial charge in [0.2, 0.25) is 0 Å². The predicted octanol–water partition coefficient (Wildman–Crippen LogP) is 6.48. The van der Waals surface area contributed by atoms with Crippen LogP contribution in [0.5, 0.6) is 0 Å². The molecule has 0 bridgehead atoms. The van der Waals surface area contributed by atoms with Crippen molar-refractivity contribution in [3.05, 3.63) is 81.9 Å². The number of allylic oxidation sites excluding steroid dienone is 1. The second-order valence-electron chi connectivity index (χ2n) is 8.54. The van der Waals surface area contributed by atoms with Gasteiger partial charge in [0.1, 0.15) is 0 Å². The lowest BCUT2D eigenvalue weighted by Crippen LogP contribution is -2.48. The van der Waals surface area contributed by atoms with Crippen molar-refractivity contribution in [2.45, 2.75) is 51.0 Å². The van der Waals surface area contributed by atoms with Gasteiger partial charge in [-0.1, -0.05) is 53.5 Å². The van der Waals surface area contributed by atoms with Crippen molar-refractivity contribution in [1.29, 1.82) is 0 Å². The monoisotopic (exact) mass is 431 g/mol. The summed E-state index contributed by atoms with van der Waals surface area (Å²) in [5.41, 5.74) is 9.95. The Hall–Kier alpha value is -1.32. The van der Waals surface area contributed by atoms with Gasteiger partial charge in [-0.2, -0.15) is 0 Å². The van der Waals surface area contributed by atoms with E-state index in [0.29, 0.717) is 6.42 Å². The molecule has 0 spiro atoms. The Bertz CT molecular complexity index is 848. The largest absolute Gasteiger partial charge is 0.396 e. The molecule has 1 saturated carbocycles. The fraction of sp³-hybridized carbons (Fsp3) is 0.440. The van der Waals surface area contributed by atoms with E-state index in [0.717, 1.165) is 28.5 Å². The third-order valence-corrected chi connectivity index (χ3v) is 7.34. The third kappa shape index (κ3) is 4.41. The van der Waals surface area contributed by atoms with Gasteiger partial charge < -0.3 is 10.8 Å². The Morgan fingerprint density at radius 2 is 1.93 bits per heavy atom. The third-order valence-electron chi connectivity index (χ3n) is 6.77. The van der Waals surface area contributed by atoms with Crippen LogP contribution in [0.2, 0.25) is 10.0 Å². The molecule has 2 aromatic rings. The molecule has 1 aliphatic carbocycles. The highest BCUT2D eigenvalue weighted by Gasteiger charge is 2.49. The fourth-order valence-corrected chi connectivity index (χ4v) is 5.98. The van der Waals surface area contributed by atoms with E-state index in [1.54, 1.807) is 0 Å². The Kier molecular flexibility index (Phi) is 7.11. The zero-order valence-electron chi connectivity index (χ0n) is 17.2. The van der Waals surface area contributed by atoms with Crippen LogP contribution in [0.25, 0.3) is 0 Å². The standard InChI is InChI=1S/C25H31Cl2NO/c1-4-25(13-14-29)12-11-21(20-10-5-16(2)15-22(20)27)23(24(25)17(3)28)18-6-8-19(26)9-7-18/h4-10,15,17,21,23-24,29H,1,11-14,28H2,2-3H3. The summed E-state index contributed by atoms with van der Waals surface area (Å²) in [7, 11) is 0. The average molecular weight is 432 g/mol. The van der Waals surface area contributed by atoms with Crippen LogP contribution >= 0.6 is 23.2 Å². The molecule has 1 aliphatic rings. The Morgan fingerprint density at radius 1 is 1.24 bits per heavy atom. The molecule has 0 radical (unpaired) electrons. The maximum Gasteiger partial charge on any atom is 0.0443 e. The first-order valence-electron chi connectivity index (χ1n) is 10.3. The molecule has 0 amide bonds. The number of rotatable bonds is 6. The van der Waals surface area contributed by atoms with E-state index in [1.165, 1.54) is 11.1 Å². The van der Waals surface area contributed by atoms with Gasteiger partial charge in [0.05, 0.1) is 0 Å². The first kappa shape index (κ1) is 22.4. The second-order valence-corrected chi connectivity index (χ2v) is 9.39. The molecule has 0 heterocycles. The summed E-state index contributed by atoms with van der Waals surface area (Å²) in [5, 5.41) is 11.4. The topological polar surface area (TPSA) is 46.2 Å². The highest BCUT2D eigenvalue weighted by atomic mass is 35.5. The molecule has 5 unspecified atom stereocenters. The second kappa shape index (κ2) is 9.22. The van der Waals surface area contributed by atoms with Crippen molar-refractivity contribution in [3.63, 3.8) is 0 Å². The number of halogens is 2. The van der Waals surface area contributed by atoms with Gasteiger partial charge in [-0.05, 0) is 91.2 Å². The summed E-state index contributed by atoms with van der Waals surface area (Å²) < 4.78 is 0. The van der Waals surface area contributed by atoms with Crippen LogP contribution < -0.4 is 5.73 Å². The zero-order chi connectivity index (χ0) is 21.2. The minimum absolute atomic E-state index is 0.0627. The maximum atomic E-state index is 9.84. The maximum absolute atomic E-state index is 9.84. The van der Waals surface area contributed by atoms with Gasteiger partial charge in [0.15, 0.2) is 0 Å². The van der Waals surface area contributed by atoms with Gasteiger partial charge in [-0.15, -0.1) is 6.58 Å². The molecule has 0 aromatic heterocycles. The predicted molar refractivity (Wildman–Crippen MR) is 124 cm³/mol. The smallest absolute Gasteiger partial charge is 0.0443 e. The van der Waals surface area contributed by atoms with E-state index < -0.39 is 0 Å². The molecule has 0 saturated heterocycles. The molecule has 1 fully saturated rings. The molecule has 5 atom stereocenters. The summed E-state index contributed by atoms with van der Waals surface area (Å²) >= 11 is 12.9. The minimum Gasteiger partial charge on any atom is -0.396 e. The number of nitrogens with two attached hydrogens (primary N) is 1. The summed E-state index contributed by atoms with van der Waals surface area (Å²) in [4.78, 5) is 0. The number of hydrogen-bond acceptors (Lipinski definition) is 2. The molecule has 3 N–H and O–H groups in total. The van der Waals surface area contributed by atoms with Crippen LogP contribution in [0.3, 0.4) is 0 Å². The van der Waals surface area contributed by atoms with E-state index in [9.17, 15) is 5.11 Å². The zero-order valence-corrected chi connectivity index (χ0v) is 18.8. The molecule has 156 valence electrons. The normalized spacial score (nSPS) is 28.1.